The van der Waals surface area contributed by atoms with Gasteiger partial charge in [-0.25, -0.2) is 19.4 Å². The number of rotatable bonds is 3. The fourth-order valence-corrected chi connectivity index (χ4v) is 2.80. The molecule has 2 heterocycles. The Kier molecular flexibility index (Phi) is 4.79. The normalized spacial score (nSPS) is 19.6. The van der Waals surface area contributed by atoms with Gasteiger partial charge in [-0.2, -0.15) is 0 Å². The second-order valence-corrected chi connectivity index (χ2v) is 6.63. The number of nitrogens with one attached hydrogen (secondary N) is 1. The molecule has 0 fully saturated rings. The minimum absolute atomic E-state index is 0.000901. The number of anilines is 1. The molecule has 0 radical (unpaired) electrons. The molecule has 1 aliphatic heterocycles. The van der Waals surface area contributed by atoms with Gasteiger partial charge in [0.1, 0.15) is 16.7 Å². The Bertz CT molecular complexity index is 949. The smallest absolute Gasteiger partial charge is 0.275 e. The lowest BCUT2D eigenvalue weighted by Crippen LogP contribution is -2.47. The lowest BCUT2D eigenvalue weighted by molar-refractivity contribution is -0.128. The molecule has 1 aliphatic rings. The van der Waals surface area contributed by atoms with E-state index in [1.165, 1.54) is 42.5 Å². The molecule has 140 valence electrons. The number of aromatic nitrogens is 2. The summed E-state index contributed by atoms with van der Waals surface area (Å²) in [6.07, 6.45) is 2.42. The first kappa shape index (κ1) is 18.7. The fourth-order valence-electron chi connectivity index (χ4n) is 2.70. The van der Waals surface area contributed by atoms with E-state index >= 15 is 0 Å². The van der Waals surface area contributed by atoms with E-state index in [9.17, 15) is 14.0 Å². The van der Waals surface area contributed by atoms with E-state index in [0.717, 1.165) is 0 Å². The standard InChI is InChI=1S/C17H16ClFN6O2/c1-17(6-14(26)25(2)16(20)24-17)10-5-9(3-4-11(10)19)23-15(27)12-7-22-13(18)8-21-12/h3-5,7-8H,6H2,1-2H3,(H2,20,24)(H,23,27). The maximum atomic E-state index is 14.5. The van der Waals surface area contributed by atoms with Crippen LogP contribution in [0, 0.1) is 5.82 Å². The predicted octanol–water partition coefficient (Wildman–Crippen LogP) is 1.91. The van der Waals surface area contributed by atoms with Crippen LogP contribution in [0.1, 0.15) is 29.4 Å². The van der Waals surface area contributed by atoms with Gasteiger partial charge in [0.2, 0.25) is 5.91 Å². The van der Waals surface area contributed by atoms with Crippen LogP contribution in [0.5, 0.6) is 0 Å². The van der Waals surface area contributed by atoms with E-state index in [4.69, 9.17) is 17.3 Å². The van der Waals surface area contributed by atoms with Crippen LogP contribution in [0.15, 0.2) is 35.6 Å². The molecule has 10 heteroatoms. The molecule has 1 aromatic heterocycles. The molecule has 3 rings (SSSR count). The van der Waals surface area contributed by atoms with Crippen LogP contribution in [0.4, 0.5) is 10.1 Å². The van der Waals surface area contributed by atoms with Gasteiger partial charge in [0.05, 0.1) is 24.4 Å². The number of carbonyl (C=O) groups excluding carboxylic acids is 2. The maximum absolute atomic E-state index is 14.5. The average Bonchev–Trinajstić information content (AvgIpc) is 2.61. The van der Waals surface area contributed by atoms with E-state index in [-0.39, 0.29) is 34.7 Å². The van der Waals surface area contributed by atoms with Crippen LogP contribution in [0.2, 0.25) is 5.15 Å². The molecule has 2 aromatic rings. The Morgan fingerprint density at radius 1 is 1.37 bits per heavy atom. The summed E-state index contributed by atoms with van der Waals surface area (Å²) in [4.78, 5) is 37.5. The highest BCUT2D eigenvalue weighted by atomic mass is 35.5. The number of hydrogen-bond donors (Lipinski definition) is 2. The van der Waals surface area contributed by atoms with Crippen molar-refractivity contribution in [3.63, 3.8) is 0 Å². The molecule has 0 saturated heterocycles. The number of nitrogens with two attached hydrogens (primary N) is 1. The van der Waals surface area contributed by atoms with Gasteiger partial charge in [-0.05, 0) is 25.1 Å². The van der Waals surface area contributed by atoms with Gasteiger partial charge < -0.3 is 11.1 Å². The Hall–Kier alpha value is -3.07. The minimum atomic E-state index is -1.18. The van der Waals surface area contributed by atoms with Crippen LogP contribution in [0.25, 0.3) is 0 Å². The van der Waals surface area contributed by atoms with E-state index < -0.39 is 17.3 Å². The zero-order valence-corrected chi connectivity index (χ0v) is 15.3. The first-order chi connectivity index (χ1) is 12.7. The summed E-state index contributed by atoms with van der Waals surface area (Å²) in [7, 11) is 1.50. The van der Waals surface area contributed by atoms with Crippen molar-refractivity contribution >= 4 is 35.1 Å². The van der Waals surface area contributed by atoms with Crippen molar-refractivity contribution in [2.75, 3.05) is 12.4 Å². The molecular formula is C17H16ClFN6O2. The largest absolute Gasteiger partial charge is 0.369 e. The SMILES string of the molecule is CN1C(=O)CC(C)(c2cc(NC(=O)c3cnc(Cl)cn3)ccc2F)N=C1N. The molecule has 0 bridgehead atoms. The van der Waals surface area contributed by atoms with E-state index in [2.05, 4.69) is 20.3 Å². The summed E-state index contributed by atoms with van der Waals surface area (Å²) in [5.41, 5.74) is 5.10. The summed E-state index contributed by atoms with van der Waals surface area (Å²) in [6.45, 7) is 1.61. The third-order valence-electron chi connectivity index (χ3n) is 4.23. The number of nitrogens with zero attached hydrogens (tertiary/aromatic N) is 4. The summed E-state index contributed by atoms with van der Waals surface area (Å²) in [5.74, 6) is -1.38. The number of carbonyl (C=O) groups is 2. The van der Waals surface area contributed by atoms with Gasteiger partial charge in [0.15, 0.2) is 5.96 Å². The second kappa shape index (κ2) is 6.92. The summed E-state index contributed by atoms with van der Waals surface area (Å²) < 4.78 is 14.5. The number of hydrogen-bond acceptors (Lipinski definition) is 6. The van der Waals surface area contributed by atoms with Gasteiger partial charge in [0.25, 0.3) is 5.91 Å². The lowest BCUT2D eigenvalue weighted by atomic mass is 9.87. The molecule has 0 saturated carbocycles. The van der Waals surface area contributed by atoms with Crippen molar-refractivity contribution in [3.05, 3.63) is 52.8 Å². The van der Waals surface area contributed by atoms with Crippen molar-refractivity contribution in [1.82, 2.24) is 14.9 Å². The molecule has 1 aromatic carbocycles. The van der Waals surface area contributed by atoms with E-state index in [0.29, 0.717) is 5.69 Å². The minimum Gasteiger partial charge on any atom is -0.369 e. The average molecular weight is 391 g/mol. The van der Waals surface area contributed by atoms with E-state index in [1.807, 2.05) is 0 Å². The second-order valence-electron chi connectivity index (χ2n) is 6.25. The number of aliphatic imine (C=N–C) groups is 1. The van der Waals surface area contributed by atoms with Crippen LogP contribution >= 0.6 is 11.6 Å². The lowest BCUT2D eigenvalue weighted by Gasteiger charge is -2.34. The van der Waals surface area contributed by atoms with Crippen LogP contribution in [0.3, 0.4) is 0 Å². The number of guanidine groups is 1. The highest BCUT2D eigenvalue weighted by molar-refractivity contribution is 6.29. The first-order valence-corrected chi connectivity index (χ1v) is 8.28. The van der Waals surface area contributed by atoms with Crippen LogP contribution in [-0.4, -0.2) is 39.7 Å². The predicted molar refractivity (Wildman–Crippen MR) is 97.8 cm³/mol. The van der Waals surface area contributed by atoms with Crippen molar-refractivity contribution in [3.8, 4) is 0 Å². The number of amides is 2. The Labute approximate surface area is 159 Å². The van der Waals surface area contributed by atoms with E-state index in [1.54, 1.807) is 6.92 Å². The molecular weight excluding hydrogens is 375 g/mol. The quantitative estimate of drug-likeness (QED) is 0.831. The van der Waals surface area contributed by atoms with Gasteiger partial charge in [0, 0.05) is 18.3 Å². The van der Waals surface area contributed by atoms with Crippen LogP contribution in [-0.2, 0) is 10.3 Å². The molecule has 27 heavy (non-hydrogen) atoms. The Morgan fingerprint density at radius 2 is 2.11 bits per heavy atom. The highest BCUT2D eigenvalue weighted by Crippen LogP contribution is 2.35. The maximum Gasteiger partial charge on any atom is 0.275 e. The molecule has 8 nitrogen and oxygen atoms in total. The topological polar surface area (TPSA) is 114 Å². The molecule has 2 amide bonds. The summed E-state index contributed by atoms with van der Waals surface area (Å²) in [6, 6.07) is 4.01. The fraction of sp³-hybridized carbons (Fsp3) is 0.235. The monoisotopic (exact) mass is 390 g/mol. The van der Waals surface area contributed by atoms with Gasteiger partial charge in [-0.3, -0.25) is 14.5 Å². The van der Waals surface area contributed by atoms with Gasteiger partial charge in [-0.1, -0.05) is 11.6 Å². The highest BCUT2D eigenvalue weighted by Gasteiger charge is 2.38. The Morgan fingerprint density at radius 3 is 2.74 bits per heavy atom. The van der Waals surface area contributed by atoms with Crippen molar-refractivity contribution < 1.29 is 14.0 Å². The summed E-state index contributed by atoms with van der Waals surface area (Å²) >= 11 is 5.65. The third kappa shape index (κ3) is 3.72. The Balaban J connectivity index is 1.92. The zero-order chi connectivity index (χ0) is 19.8. The van der Waals surface area contributed by atoms with Crippen molar-refractivity contribution in [2.45, 2.75) is 18.9 Å². The number of halogens is 2. The zero-order valence-electron chi connectivity index (χ0n) is 14.5. The first-order valence-electron chi connectivity index (χ1n) is 7.90. The van der Waals surface area contributed by atoms with Gasteiger partial charge in [-0.15, -0.1) is 0 Å². The molecule has 1 atom stereocenters. The van der Waals surface area contributed by atoms with Gasteiger partial charge >= 0.3 is 0 Å². The van der Waals surface area contributed by atoms with Crippen molar-refractivity contribution in [1.29, 1.82) is 0 Å². The summed E-state index contributed by atoms with van der Waals surface area (Å²) in [5, 5.41) is 2.76. The molecule has 1 unspecified atom stereocenters. The van der Waals surface area contributed by atoms with Crippen LogP contribution < -0.4 is 11.1 Å². The molecule has 3 N–H and O–H groups in total. The third-order valence-corrected chi connectivity index (χ3v) is 4.43. The molecule has 0 aliphatic carbocycles. The van der Waals surface area contributed by atoms with Crippen molar-refractivity contribution in [2.24, 2.45) is 10.7 Å². The molecule has 0 spiro atoms. The number of benzene rings is 1.